The molecule has 17 heavy (non-hydrogen) atoms. The van der Waals surface area contributed by atoms with E-state index in [2.05, 4.69) is 12.2 Å². The maximum atomic E-state index is 12.2. The van der Waals surface area contributed by atoms with E-state index < -0.39 is 10.0 Å². The third-order valence-corrected chi connectivity index (χ3v) is 4.94. The van der Waals surface area contributed by atoms with Gasteiger partial charge in [0, 0.05) is 19.1 Å². The summed E-state index contributed by atoms with van der Waals surface area (Å²) in [5, 5.41) is 3.07. The van der Waals surface area contributed by atoms with Crippen LogP contribution >= 0.6 is 0 Å². The molecule has 1 N–H and O–H groups in total. The van der Waals surface area contributed by atoms with Crippen molar-refractivity contribution in [1.82, 2.24) is 9.62 Å². The lowest BCUT2D eigenvalue weighted by molar-refractivity contribution is 0.324. The van der Waals surface area contributed by atoms with Crippen LogP contribution in [0, 0.1) is 0 Å². The van der Waals surface area contributed by atoms with Gasteiger partial charge in [-0.15, -0.1) is 0 Å². The molecule has 0 aromatic rings. The monoisotopic (exact) mass is 264 g/mol. The number of rotatable bonds is 10. The van der Waals surface area contributed by atoms with Gasteiger partial charge in [0.25, 0.3) is 0 Å². The van der Waals surface area contributed by atoms with Crippen LogP contribution in [0.3, 0.4) is 0 Å². The maximum absolute atomic E-state index is 12.2. The summed E-state index contributed by atoms with van der Waals surface area (Å²) in [7, 11) is -3.11. The molecule has 0 aromatic heterocycles. The Hall–Kier alpha value is -0.130. The molecule has 0 radical (unpaired) electrons. The van der Waals surface area contributed by atoms with Gasteiger partial charge in [0.1, 0.15) is 0 Å². The molecule has 0 saturated heterocycles. The molecule has 0 aliphatic carbocycles. The smallest absolute Gasteiger partial charge is 0.215 e. The van der Waals surface area contributed by atoms with E-state index in [0.717, 1.165) is 25.8 Å². The van der Waals surface area contributed by atoms with Gasteiger partial charge in [-0.2, -0.15) is 4.31 Å². The Morgan fingerprint density at radius 2 is 1.88 bits per heavy atom. The second-order valence-corrected chi connectivity index (χ2v) is 6.43. The molecule has 0 saturated carbocycles. The molecular formula is C12H28N2O2S. The fourth-order valence-electron chi connectivity index (χ4n) is 1.65. The predicted molar refractivity (Wildman–Crippen MR) is 73.7 cm³/mol. The second-order valence-electron chi connectivity index (χ2n) is 4.39. The van der Waals surface area contributed by atoms with Crippen molar-refractivity contribution in [3.63, 3.8) is 0 Å². The first kappa shape index (κ1) is 16.9. The highest BCUT2D eigenvalue weighted by Gasteiger charge is 2.24. The van der Waals surface area contributed by atoms with Crippen molar-refractivity contribution in [3.05, 3.63) is 0 Å². The molecule has 4 nitrogen and oxygen atoms in total. The summed E-state index contributed by atoms with van der Waals surface area (Å²) >= 11 is 0. The predicted octanol–water partition coefficient (Wildman–Crippen LogP) is 1.83. The number of nitrogens with zero attached hydrogens (tertiary/aromatic N) is 1. The minimum Gasteiger partial charge on any atom is -0.316 e. The van der Waals surface area contributed by atoms with Gasteiger partial charge >= 0.3 is 0 Å². The van der Waals surface area contributed by atoms with E-state index in [1.165, 1.54) is 0 Å². The van der Waals surface area contributed by atoms with Crippen LogP contribution in [0.15, 0.2) is 0 Å². The Bertz CT molecular complexity index is 278. The van der Waals surface area contributed by atoms with E-state index in [1.54, 1.807) is 4.31 Å². The highest BCUT2D eigenvalue weighted by atomic mass is 32.2. The number of nitrogens with one attached hydrogen (secondary N) is 1. The Kier molecular flexibility index (Phi) is 8.82. The highest BCUT2D eigenvalue weighted by molar-refractivity contribution is 7.89. The Morgan fingerprint density at radius 1 is 1.24 bits per heavy atom. The third-order valence-electron chi connectivity index (χ3n) is 2.96. The van der Waals surface area contributed by atoms with Crippen LogP contribution in [0.4, 0.5) is 0 Å². The van der Waals surface area contributed by atoms with E-state index in [-0.39, 0.29) is 11.8 Å². The van der Waals surface area contributed by atoms with Crippen LogP contribution < -0.4 is 5.32 Å². The Balaban J connectivity index is 4.53. The van der Waals surface area contributed by atoms with Gasteiger partial charge in [-0.05, 0) is 26.3 Å². The number of unbranched alkanes of at least 4 members (excludes halogenated alkanes) is 1. The standard InChI is InChI=1S/C12H28N2O2S/c1-5-8-10-14(12(4)6-2)17(15,16)11-9-13-7-3/h12-13H,5-11H2,1-4H3. The van der Waals surface area contributed by atoms with Crippen LogP contribution in [0.1, 0.15) is 47.0 Å². The van der Waals surface area contributed by atoms with E-state index in [0.29, 0.717) is 13.1 Å². The molecule has 1 unspecified atom stereocenters. The lowest BCUT2D eigenvalue weighted by atomic mass is 10.2. The van der Waals surface area contributed by atoms with Gasteiger partial charge in [0.15, 0.2) is 0 Å². The van der Waals surface area contributed by atoms with Gasteiger partial charge in [-0.1, -0.05) is 27.2 Å². The minimum absolute atomic E-state index is 0.105. The maximum Gasteiger partial charge on any atom is 0.215 e. The summed E-state index contributed by atoms with van der Waals surface area (Å²) in [6.45, 7) is 10.1. The molecule has 104 valence electrons. The number of hydrogen-bond donors (Lipinski definition) is 1. The Morgan fingerprint density at radius 3 is 2.35 bits per heavy atom. The first-order valence-electron chi connectivity index (χ1n) is 6.69. The zero-order valence-electron chi connectivity index (χ0n) is 11.7. The molecule has 0 heterocycles. The molecule has 0 bridgehead atoms. The number of hydrogen-bond acceptors (Lipinski definition) is 3. The fourth-order valence-corrected chi connectivity index (χ4v) is 3.39. The van der Waals surface area contributed by atoms with Crippen LogP contribution in [0.2, 0.25) is 0 Å². The molecule has 1 atom stereocenters. The second kappa shape index (κ2) is 8.89. The molecule has 0 spiro atoms. The summed E-state index contributed by atoms with van der Waals surface area (Å²) in [6.07, 6.45) is 2.82. The topological polar surface area (TPSA) is 49.4 Å². The van der Waals surface area contributed by atoms with Gasteiger partial charge in [0.2, 0.25) is 10.0 Å². The summed E-state index contributed by atoms with van der Waals surface area (Å²) < 4.78 is 26.1. The van der Waals surface area contributed by atoms with Crippen molar-refractivity contribution in [2.45, 2.75) is 53.0 Å². The zero-order valence-corrected chi connectivity index (χ0v) is 12.5. The van der Waals surface area contributed by atoms with Crippen molar-refractivity contribution in [1.29, 1.82) is 0 Å². The molecule has 0 rings (SSSR count). The Labute approximate surface area is 107 Å². The van der Waals surface area contributed by atoms with E-state index >= 15 is 0 Å². The summed E-state index contributed by atoms with van der Waals surface area (Å²) in [5.74, 6) is 0.203. The quantitative estimate of drug-likeness (QED) is 0.612. The van der Waals surface area contributed by atoms with Crippen molar-refractivity contribution in [3.8, 4) is 0 Å². The van der Waals surface area contributed by atoms with Crippen molar-refractivity contribution < 1.29 is 8.42 Å². The minimum atomic E-state index is -3.11. The third kappa shape index (κ3) is 6.38. The summed E-state index contributed by atoms with van der Waals surface area (Å²) in [4.78, 5) is 0. The molecule has 0 aliphatic heterocycles. The molecule has 0 aromatic carbocycles. The zero-order chi connectivity index (χ0) is 13.3. The first-order valence-corrected chi connectivity index (χ1v) is 8.30. The first-order chi connectivity index (χ1) is 7.99. The van der Waals surface area contributed by atoms with Crippen molar-refractivity contribution in [2.75, 3.05) is 25.4 Å². The lowest BCUT2D eigenvalue weighted by Gasteiger charge is -2.27. The lowest BCUT2D eigenvalue weighted by Crippen LogP contribution is -2.42. The number of sulfonamides is 1. The average Bonchev–Trinajstić information content (AvgIpc) is 2.29. The van der Waals surface area contributed by atoms with E-state index in [4.69, 9.17) is 0 Å². The SMILES string of the molecule is CCCCN(C(C)CC)S(=O)(=O)CCNCC. The van der Waals surface area contributed by atoms with E-state index in [1.807, 2.05) is 20.8 Å². The highest BCUT2D eigenvalue weighted by Crippen LogP contribution is 2.12. The van der Waals surface area contributed by atoms with E-state index in [9.17, 15) is 8.42 Å². The van der Waals surface area contributed by atoms with Gasteiger partial charge in [-0.25, -0.2) is 8.42 Å². The van der Waals surface area contributed by atoms with Crippen LogP contribution in [-0.4, -0.2) is 44.2 Å². The normalized spacial score (nSPS) is 14.2. The molecule has 5 heteroatoms. The summed E-state index contributed by atoms with van der Waals surface area (Å²) in [6, 6.07) is 0.105. The fraction of sp³-hybridized carbons (Fsp3) is 1.00. The molecule has 0 fully saturated rings. The molecule has 0 amide bonds. The van der Waals surface area contributed by atoms with Gasteiger partial charge in [0.05, 0.1) is 5.75 Å². The summed E-state index contributed by atoms with van der Waals surface area (Å²) in [5.41, 5.74) is 0. The molecular weight excluding hydrogens is 236 g/mol. The average molecular weight is 264 g/mol. The van der Waals surface area contributed by atoms with Crippen molar-refractivity contribution in [2.24, 2.45) is 0 Å². The van der Waals surface area contributed by atoms with Gasteiger partial charge in [-0.3, -0.25) is 0 Å². The van der Waals surface area contributed by atoms with Gasteiger partial charge < -0.3 is 5.32 Å². The molecule has 0 aliphatic rings. The largest absolute Gasteiger partial charge is 0.316 e. The van der Waals surface area contributed by atoms with Crippen LogP contribution in [0.5, 0.6) is 0 Å². The van der Waals surface area contributed by atoms with Crippen LogP contribution in [-0.2, 0) is 10.0 Å². The van der Waals surface area contributed by atoms with Crippen molar-refractivity contribution >= 4 is 10.0 Å². The van der Waals surface area contributed by atoms with Crippen LogP contribution in [0.25, 0.3) is 0 Å².